The SMILES string of the molecule is Cc1cc(-n2c(C)cc(C(=O)Nc3ccc(F)c(F)c3)c2C)no1. The van der Waals surface area contributed by atoms with Gasteiger partial charge in [-0.25, -0.2) is 8.78 Å². The summed E-state index contributed by atoms with van der Waals surface area (Å²) in [5, 5.41) is 6.51. The fraction of sp³-hybridized carbons (Fsp3) is 0.176. The third-order valence-electron chi connectivity index (χ3n) is 3.70. The lowest BCUT2D eigenvalue weighted by molar-refractivity contribution is 0.102. The van der Waals surface area contributed by atoms with Crippen LogP contribution in [0.1, 0.15) is 27.5 Å². The largest absolute Gasteiger partial charge is 0.360 e. The molecule has 2 heterocycles. The Labute approximate surface area is 136 Å². The van der Waals surface area contributed by atoms with Crippen molar-refractivity contribution in [3.8, 4) is 5.82 Å². The van der Waals surface area contributed by atoms with Gasteiger partial charge >= 0.3 is 0 Å². The molecule has 3 aromatic rings. The molecule has 124 valence electrons. The molecule has 5 nitrogen and oxygen atoms in total. The molecule has 0 fully saturated rings. The van der Waals surface area contributed by atoms with Gasteiger partial charge in [-0.3, -0.25) is 9.36 Å². The molecule has 0 aliphatic heterocycles. The Morgan fingerprint density at radius 1 is 1.12 bits per heavy atom. The molecule has 2 aromatic heterocycles. The smallest absolute Gasteiger partial charge is 0.257 e. The number of anilines is 1. The van der Waals surface area contributed by atoms with Crippen molar-refractivity contribution in [3.63, 3.8) is 0 Å². The van der Waals surface area contributed by atoms with Gasteiger partial charge in [-0.15, -0.1) is 0 Å². The van der Waals surface area contributed by atoms with Crippen LogP contribution < -0.4 is 5.32 Å². The van der Waals surface area contributed by atoms with Gasteiger partial charge in [0, 0.05) is 29.2 Å². The van der Waals surface area contributed by atoms with E-state index in [0.29, 0.717) is 22.8 Å². The Morgan fingerprint density at radius 3 is 2.50 bits per heavy atom. The highest BCUT2D eigenvalue weighted by Crippen LogP contribution is 2.22. The van der Waals surface area contributed by atoms with Crippen molar-refractivity contribution >= 4 is 11.6 Å². The van der Waals surface area contributed by atoms with Crippen LogP contribution in [0.3, 0.4) is 0 Å². The summed E-state index contributed by atoms with van der Waals surface area (Å²) in [4.78, 5) is 12.4. The van der Waals surface area contributed by atoms with Crippen molar-refractivity contribution in [2.75, 3.05) is 5.32 Å². The van der Waals surface area contributed by atoms with Crippen LogP contribution in [0.5, 0.6) is 0 Å². The molecule has 7 heteroatoms. The highest BCUT2D eigenvalue weighted by molar-refractivity contribution is 6.05. The Kier molecular flexibility index (Phi) is 3.92. The zero-order valence-corrected chi connectivity index (χ0v) is 13.4. The second kappa shape index (κ2) is 5.92. The van der Waals surface area contributed by atoms with Gasteiger partial charge in [-0.05, 0) is 39.0 Å². The number of benzene rings is 1. The van der Waals surface area contributed by atoms with Gasteiger partial charge in [0.05, 0.1) is 5.56 Å². The Morgan fingerprint density at radius 2 is 1.88 bits per heavy atom. The average molecular weight is 331 g/mol. The zero-order chi connectivity index (χ0) is 17.4. The molecule has 0 bridgehead atoms. The number of halogens is 2. The molecule has 0 saturated heterocycles. The van der Waals surface area contributed by atoms with Crippen LogP contribution in [0.2, 0.25) is 0 Å². The summed E-state index contributed by atoms with van der Waals surface area (Å²) in [7, 11) is 0. The maximum absolute atomic E-state index is 13.3. The van der Waals surface area contributed by atoms with Gasteiger partial charge in [0.25, 0.3) is 5.91 Å². The molecule has 0 spiro atoms. The van der Waals surface area contributed by atoms with E-state index in [9.17, 15) is 13.6 Å². The number of nitrogens with one attached hydrogen (secondary N) is 1. The van der Waals surface area contributed by atoms with E-state index in [1.165, 1.54) is 6.07 Å². The topological polar surface area (TPSA) is 60.1 Å². The summed E-state index contributed by atoms with van der Waals surface area (Å²) in [5.74, 6) is -1.16. The summed E-state index contributed by atoms with van der Waals surface area (Å²) < 4.78 is 33.1. The predicted molar refractivity (Wildman–Crippen MR) is 84.4 cm³/mol. The van der Waals surface area contributed by atoms with Crippen molar-refractivity contribution in [2.45, 2.75) is 20.8 Å². The second-order valence-electron chi connectivity index (χ2n) is 5.50. The molecule has 0 atom stereocenters. The van der Waals surface area contributed by atoms with E-state index < -0.39 is 17.5 Å². The number of amides is 1. The van der Waals surface area contributed by atoms with Crippen LogP contribution >= 0.6 is 0 Å². The fourth-order valence-electron chi connectivity index (χ4n) is 2.58. The third kappa shape index (κ3) is 2.80. The zero-order valence-electron chi connectivity index (χ0n) is 13.4. The van der Waals surface area contributed by atoms with Gasteiger partial charge in [0.2, 0.25) is 0 Å². The van der Waals surface area contributed by atoms with Crippen molar-refractivity contribution in [1.29, 1.82) is 0 Å². The van der Waals surface area contributed by atoms with Crippen LogP contribution in [0, 0.1) is 32.4 Å². The number of aryl methyl sites for hydroxylation is 2. The fourth-order valence-corrected chi connectivity index (χ4v) is 2.58. The molecule has 0 unspecified atom stereocenters. The van der Waals surface area contributed by atoms with Crippen LogP contribution in [-0.4, -0.2) is 15.6 Å². The van der Waals surface area contributed by atoms with Crippen molar-refractivity contribution in [2.24, 2.45) is 0 Å². The molecule has 0 aliphatic carbocycles. The molecule has 1 aromatic carbocycles. The quantitative estimate of drug-likeness (QED) is 0.791. The summed E-state index contributed by atoms with van der Waals surface area (Å²) in [6.07, 6.45) is 0. The summed E-state index contributed by atoms with van der Waals surface area (Å²) in [6.45, 7) is 5.39. The molecule has 24 heavy (non-hydrogen) atoms. The normalized spacial score (nSPS) is 10.9. The van der Waals surface area contributed by atoms with Crippen LogP contribution in [-0.2, 0) is 0 Å². The lowest BCUT2D eigenvalue weighted by atomic mass is 10.2. The Balaban J connectivity index is 1.92. The first-order valence-electron chi connectivity index (χ1n) is 7.26. The molecular formula is C17H15F2N3O2. The highest BCUT2D eigenvalue weighted by atomic mass is 19.2. The molecule has 1 N–H and O–H groups in total. The van der Waals surface area contributed by atoms with E-state index in [0.717, 1.165) is 17.8 Å². The molecule has 0 saturated carbocycles. The second-order valence-corrected chi connectivity index (χ2v) is 5.50. The first kappa shape index (κ1) is 15.9. The Hall–Kier alpha value is -2.96. The van der Waals surface area contributed by atoms with Crippen LogP contribution in [0.15, 0.2) is 34.9 Å². The first-order chi connectivity index (χ1) is 11.4. The van der Waals surface area contributed by atoms with Gasteiger partial charge in [0.1, 0.15) is 5.76 Å². The van der Waals surface area contributed by atoms with Gasteiger partial charge in [-0.2, -0.15) is 0 Å². The molecular weight excluding hydrogens is 316 g/mol. The van der Waals surface area contributed by atoms with E-state index >= 15 is 0 Å². The molecule has 1 amide bonds. The monoisotopic (exact) mass is 331 g/mol. The van der Waals surface area contributed by atoms with Crippen molar-refractivity contribution in [3.05, 3.63) is 64.7 Å². The number of rotatable bonds is 3. The van der Waals surface area contributed by atoms with Crippen molar-refractivity contribution < 1.29 is 18.1 Å². The number of carbonyl (C=O) groups is 1. The highest BCUT2D eigenvalue weighted by Gasteiger charge is 2.19. The van der Waals surface area contributed by atoms with Crippen molar-refractivity contribution in [1.82, 2.24) is 9.72 Å². The van der Waals surface area contributed by atoms with Crippen LogP contribution in [0.25, 0.3) is 5.82 Å². The number of nitrogens with zero attached hydrogens (tertiary/aromatic N) is 2. The predicted octanol–water partition coefficient (Wildman–Crippen LogP) is 3.92. The van der Waals surface area contributed by atoms with E-state index in [1.807, 2.05) is 6.92 Å². The van der Waals surface area contributed by atoms with Gasteiger partial charge < -0.3 is 9.84 Å². The van der Waals surface area contributed by atoms with Gasteiger partial charge in [-0.1, -0.05) is 5.16 Å². The summed E-state index contributed by atoms with van der Waals surface area (Å²) in [6, 6.07) is 6.67. The number of aromatic nitrogens is 2. The lowest BCUT2D eigenvalue weighted by Gasteiger charge is -2.07. The third-order valence-corrected chi connectivity index (χ3v) is 3.70. The van der Waals surface area contributed by atoms with Gasteiger partial charge in [0.15, 0.2) is 17.5 Å². The standard InChI is InChI=1S/C17H15F2N3O2/c1-9-6-13(11(3)22(9)16-7-10(2)24-21-16)17(23)20-12-4-5-14(18)15(19)8-12/h4-8H,1-3H3,(H,20,23). The first-order valence-corrected chi connectivity index (χ1v) is 7.26. The average Bonchev–Trinajstić information content (AvgIpc) is 3.06. The van der Waals surface area contributed by atoms with Crippen LogP contribution in [0.4, 0.5) is 14.5 Å². The van der Waals surface area contributed by atoms with E-state index in [-0.39, 0.29) is 5.69 Å². The lowest BCUT2D eigenvalue weighted by Crippen LogP contribution is -2.13. The summed E-state index contributed by atoms with van der Waals surface area (Å²) >= 11 is 0. The van der Waals surface area contributed by atoms with E-state index in [2.05, 4.69) is 10.5 Å². The molecule has 0 aliphatic rings. The van der Waals surface area contributed by atoms with E-state index in [1.54, 1.807) is 30.5 Å². The summed E-state index contributed by atoms with van der Waals surface area (Å²) in [5.41, 5.74) is 2.07. The minimum atomic E-state index is -1.02. The minimum absolute atomic E-state index is 0.181. The number of carbonyl (C=O) groups excluding carboxylic acids is 1. The maximum Gasteiger partial charge on any atom is 0.257 e. The number of hydrogen-bond acceptors (Lipinski definition) is 3. The minimum Gasteiger partial charge on any atom is -0.360 e. The maximum atomic E-state index is 13.3. The molecule has 3 rings (SSSR count). The van der Waals surface area contributed by atoms with E-state index in [4.69, 9.17) is 4.52 Å². The number of hydrogen-bond donors (Lipinski definition) is 1. The molecule has 0 radical (unpaired) electrons. The Bertz CT molecular complexity index is 928.